The molecule has 0 spiro atoms. The molecular weight excluding hydrogens is 192 g/mol. The van der Waals surface area contributed by atoms with E-state index in [-0.39, 0.29) is 11.2 Å². The minimum absolute atomic E-state index is 0.234. The molecule has 0 saturated heterocycles. The molecular formula is C12H16O3. The van der Waals surface area contributed by atoms with Crippen LogP contribution >= 0.6 is 0 Å². The summed E-state index contributed by atoms with van der Waals surface area (Å²) in [5, 5.41) is 9.34. The summed E-state index contributed by atoms with van der Waals surface area (Å²) in [5.41, 5.74) is -0.793. The van der Waals surface area contributed by atoms with Gasteiger partial charge in [-0.25, -0.2) is 0 Å². The lowest BCUT2D eigenvalue weighted by atomic mass is 9.66. The highest BCUT2D eigenvalue weighted by Gasteiger charge is 2.68. The first-order valence-electron chi connectivity index (χ1n) is 5.73. The highest BCUT2D eigenvalue weighted by Crippen LogP contribution is 2.70. The maximum atomic E-state index is 11.8. The Morgan fingerprint density at radius 3 is 2.53 bits per heavy atom. The number of carboxylic acids is 1. The number of aliphatic carboxylic acids is 1. The van der Waals surface area contributed by atoms with E-state index in [1.54, 1.807) is 6.92 Å². The number of hydrogen-bond acceptors (Lipinski definition) is 2. The number of Topliss-reactive ketones (excluding diaryl/α,β-unsaturated/α-hetero) is 1. The summed E-state index contributed by atoms with van der Waals surface area (Å²) >= 11 is 0. The minimum atomic E-state index is -0.667. The van der Waals surface area contributed by atoms with Crippen molar-refractivity contribution in [3.05, 3.63) is 0 Å². The average molecular weight is 208 g/mol. The molecule has 1 N–H and O–H groups in total. The van der Waals surface area contributed by atoms with Crippen molar-refractivity contribution in [1.82, 2.24) is 0 Å². The monoisotopic (exact) mass is 208 g/mol. The van der Waals surface area contributed by atoms with Crippen LogP contribution in [0.4, 0.5) is 0 Å². The Bertz CT molecular complexity index is 360. The standard InChI is InChI=1S/C12H16O3/c1-7(13)12-4-8-2-9(12)5-11(3-8,6-12)10(14)15/h8-9H,2-6H2,1H3,(H,14,15). The Hall–Kier alpha value is -0.860. The van der Waals surface area contributed by atoms with Crippen LogP contribution in [-0.4, -0.2) is 16.9 Å². The number of hydrogen-bond donors (Lipinski definition) is 1. The van der Waals surface area contributed by atoms with Crippen molar-refractivity contribution in [2.45, 2.75) is 39.0 Å². The van der Waals surface area contributed by atoms with Crippen molar-refractivity contribution in [1.29, 1.82) is 0 Å². The highest BCUT2D eigenvalue weighted by molar-refractivity contribution is 5.87. The van der Waals surface area contributed by atoms with E-state index < -0.39 is 11.4 Å². The molecule has 0 aromatic carbocycles. The predicted octanol–water partition coefficient (Wildman–Crippen LogP) is 1.86. The van der Waals surface area contributed by atoms with Gasteiger partial charge in [-0.2, -0.15) is 0 Å². The predicted molar refractivity (Wildman–Crippen MR) is 53.2 cm³/mol. The fourth-order valence-electron chi connectivity index (χ4n) is 4.71. The van der Waals surface area contributed by atoms with Crippen LogP contribution in [0.1, 0.15) is 39.0 Å². The molecule has 3 heteroatoms. The lowest BCUT2D eigenvalue weighted by molar-refractivity contribution is -0.152. The van der Waals surface area contributed by atoms with E-state index in [2.05, 4.69) is 0 Å². The Labute approximate surface area is 88.9 Å². The molecule has 0 aromatic rings. The van der Waals surface area contributed by atoms with Gasteiger partial charge in [0.05, 0.1) is 5.41 Å². The first-order chi connectivity index (χ1) is 6.98. The number of carbonyl (C=O) groups excluding carboxylic acids is 1. The zero-order valence-corrected chi connectivity index (χ0v) is 8.95. The molecule has 0 amide bonds. The van der Waals surface area contributed by atoms with Gasteiger partial charge in [0.1, 0.15) is 5.78 Å². The van der Waals surface area contributed by atoms with Crippen molar-refractivity contribution in [3.8, 4) is 0 Å². The molecule has 4 aliphatic carbocycles. The van der Waals surface area contributed by atoms with Gasteiger partial charge >= 0.3 is 5.97 Å². The van der Waals surface area contributed by atoms with E-state index in [1.165, 1.54) is 0 Å². The van der Waals surface area contributed by atoms with E-state index in [0.717, 1.165) is 25.7 Å². The number of ketones is 1. The van der Waals surface area contributed by atoms with Crippen LogP contribution in [-0.2, 0) is 9.59 Å². The van der Waals surface area contributed by atoms with Crippen molar-refractivity contribution in [3.63, 3.8) is 0 Å². The van der Waals surface area contributed by atoms with E-state index >= 15 is 0 Å². The van der Waals surface area contributed by atoms with Gasteiger partial charge in [-0.1, -0.05) is 0 Å². The summed E-state index contributed by atoms with van der Waals surface area (Å²) in [6.07, 6.45) is 4.23. The van der Waals surface area contributed by atoms with Crippen molar-refractivity contribution >= 4 is 11.8 Å². The van der Waals surface area contributed by atoms with E-state index in [1.807, 2.05) is 0 Å². The summed E-state index contributed by atoms with van der Waals surface area (Å²) < 4.78 is 0. The van der Waals surface area contributed by atoms with Crippen LogP contribution in [0.3, 0.4) is 0 Å². The Morgan fingerprint density at radius 2 is 2.00 bits per heavy atom. The first-order valence-corrected chi connectivity index (χ1v) is 5.73. The molecule has 4 aliphatic rings. The van der Waals surface area contributed by atoms with Crippen LogP contribution in [0, 0.1) is 22.7 Å². The van der Waals surface area contributed by atoms with E-state index in [9.17, 15) is 14.7 Å². The van der Waals surface area contributed by atoms with Gasteiger partial charge < -0.3 is 5.11 Å². The van der Waals surface area contributed by atoms with Crippen LogP contribution in [0.25, 0.3) is 0 Å². The second kappa shape index (κ2) is 2.45. The van der Waals surface area contributed by atoms with Crippen LogP contribution in [0.2, 0.25) is 0 Å². The lowest BCUT2D eigenvalue weighted by Crippen LogP contribution is -2.38. The Morgan fingerprint density at radius 1 is 1.27 bits per heavy atom. The smallest absolute Gasteiger partial charge is 0.309 e. The molecule has 0 heterocycles. The highest BCUT2D eigenvalue weighted by atomic mass is 16.4. The molecule has 3 nitrogen and oxygen atoms in total. The molecule has 4 unspecified atom stereocenters. The average Bonchev–Trinajstić information content (AvgIpc) is 2.51. The van der Waals surface area contributed by atoms with Crippen LogP contribution < -0.4 is 0 Å². The third kappa shape index (κ3) is 0.918. The zero-order valence-electron chi connectivity index (χ0n) is 8.95. The second-order valence-corrected chi connectivity index (χ2v) is 5.89. The molecule has 0 aliphatic heterocycles. The molecule has 0 aromatic heterocycles. The molecule has 4 atom stereocenters. The van der Waals surface area contributed by atoms with Gasteiger partial charge in [0.25, 0.3) is 0 Å². The van der Waals surface area contributed by atoms with Crippen LogP contribution in [0.15, 0.2) is 0 Å². The second-order valence-electron chi connectivity index (χ2n) is 5.89. The maximum Gasteiger partial charge on any atom is 0.309 e. The SMILES string of the molecule is CC(=O)C12CC3CC1CC(C(=O)O)(C3)C2. The third-order valence-electron chi connectivity index (χ3n) is 5.18. The van der Waals surface area contributed by atoms with E-state index in [0.29, 0.717) is 18.3 Å². The molecule has 82 valence electrons. The number of carbonyl (C=O) groups is 2. The number of rotatable bonds is 2. The van der Waals surface area contributed by atoms with Gasteiger partial charge in [0, 0.05) is 5.41 Å². The summed E-state index contributed by atoms with van der Waals surface area (Å²) in [7, 11) is 0. The topological polar surface area (TPSA) is 54.4 Å². The summed E-state index contributed by atoms with van der Waals surface area (Å²) in [6.45, 7) is 1.65. The largest absolute Gasteiger partial charge is 0.481 e. The Balaban J connectivity index is 2.05. The van der Waals surface area contributed by atoms with Crippen molar-refractivity contribution in [2.24, 2.45) is 22.7 Å². The van der Waals surface area contributed by atoms with Gasteiger partial charge in [0.15, 0.2) is 0 Å². The summed E-state index contributed by atoms with van der Waals surface area (Å²) in [4.78, 5) is 23.1. The van der Waals surface area contributed by atoms with Gasteiger partial charge in [-0.3, -0.25) is 9.59 Å². The fourth-order valence-corrected chi connectivity index (χ4v) is 4.71. The molecule has 4 rings (SSSR count). The molecule has 4 saturated carbocycles. The fraction of sp³-hybridized carbons (Fsp3) is 0.833. The third-order valence-corrected chi connectivity index (χ3v) is 5.18. The molecule has 4 fully saturated rings. The van der Waals surface area contributed by atoms with E-state index in [4.69, 9.17) is 0 Å². The minimum Gasteiger partial charge on any atom is -0.481 e. The summed E-state index contributed by atoms with van der Waals surface area (Å²) in [5.74, 6) is 0.431. The van der Waals surface area contributed by atoms with Crippen molar-refractivity contribution < 1.29 is 14.7 Å². The zero-order chi connectivity index (χ0) is 10.8. The van der Waals surface area contributed by atoms with Gasteiger partial charge in [-0.05, 0) is 50.9 Å². The van der Waals surface area contributed by atoms with Gasteiger partial charge in [0.2, 0.25) is 0 Å². The maximum absolute atomic E-state index is 11.8. The van der Waals surface area contributed by atoms with Crippen molar-refractivity contribution in [2.75, 3.05) is 0 Å². The summed E-state index contributed by atoms with van der Waals surface area (Å²) in [6, 6.07) is 0. The molecule has 0 radical (unpaired) electrons. The van der Waals surface area contributed by atoms with Gasteiger partial charge in [-0.15, -0.1) is 0 Å². The normalized spacial score (nSPS) is 51.0. The first kappa shape index (κ1) is 9.37. The quantitative estimate of drug-likeness (QED) is 0.753. The molecule has 15 heavy (non-hydrogen) atoms. The lowest BCUT2D eigenvalue weighted by Gasteiger charge is -2.36. The molecule has 4 bridgehead atoms. The number of carboxylic acid groups (broad SMARTS) is 1. The Kier molecular flexibility index (Phi) is 1.53. The van der Waals surface area contributed by atoms with Crippen LogP contribution in [0.5, 0.6) is 0 Å².